The molecule has 1 aromatic carbocycles. The molecule has 0 saturated heterocycles. The van der Waals surface area contributed by atoms with Gasteiger partial charge in [-0.25, -0.2) is 9.97 Å². The van der Waals surface area contributed by atoms with Gasteiger partial charge in [-0.2, -0.15) is 0 Å². The second-order valence-corrected chi connectivity index (χ2v) is 7.94. The summed E-state index contributed by atoms with van der Waals surface area (Å²) in [5.41, 5.74) is 6.71. The lowest BCUT2D eigenvalue weighted by Crippen LogP contribution is -2.20. The van der Waals surface area contributed by atoms with Crippen molar-refractivity contribution in [3.05, 3.63) is 58.2 Å². The molecule has 1 aromatic heterocycles. The summed E-state index contributed by atoms with van der Waals surface area (Å²) in [7, 11) is 0. The molecule has 3 rings (SSSR count). The fourth-order valence-electron chi connectivity index (χ4n) is 4.40. The van der Waals surface area contributed by atoms with Crippen molar-refractivity contribution in [3.63, 3.8) is 0 Å². The van der Waals surface area contributed by atoms with Gasteiger partial charge >= 0.3 is 0 Å². The molecule has 0 radical (unpaired) electrons. The summed E-state index contributed by atoms with van der Waals surface area (Å²) in [4.78, 5) is 9.39. The highest BCUT2D eigenvalue weighted by Crippen LogP contribution is 2.33. The zero-order chi connectivity index (χ0) is 17.8. The quantitative estimate of drug-likeness (QED) is 0.715. The third kappa shape index (κ3) is 4.68. The molecule has 0 aliphatic heterocycles. The Morgan fingerprint density at radius 2 is 1.52 bits per heavy atom. The summed E-state index contributed by atoms with van der Waals surface area (Å²) in [6.07, 6.45) is 8.82. The molecular formula is C23H32N2. The van der Waals surface area contributed by atoms with Gasteiger partial charge in [0.1, 0.15) is 5.82 Å². The maximum Gasteiger partial charge on any atom is 0.125 e. The molecule has 2 aromatic rings. The highest BCUT2D eigenvalue weighted by atomic mass is 14.9. The van der Waals surface area contributed by atoms with Gasteiger partial charge in [-0.15, -0.1) is 0 Å². The van der Waals surface area contributed by atoms with E-state index in [-0.39, 0.29) is 0 Å². The minimum atomic E-state index is 0.780. The van der Waals surface area contributed by atoms with Crippen molar-refractivity contribution >= 4 is 0 Å². The molecule has 2 atom stereocenters. The predicted octanol–water partition coefficient (Wildman–Crippen LogP) is 5.56. The van der Waals surface area contributed by atoms with Crippen LogP contribution in [-0.4, -0.2) is 9.97 Å². The van der Waals surface area contributed by atoms with Gasteiger partial charge in [0.25, 0.3) is 0 Å². The molecule has 0 spiro atoms. The summed E-state index contributed by atoms with van der Waals surface area (Å²) in [6.45, 7) is 8.59. The molecule has 25 heavy (non-hydrogen) atoms. The third-order valence-electron chi connectivity index (χ3n) is 5.81. The standard InChI is InChI=1S/C23H32N2/c1-5-22-17(3)23(25-18(4)24-22)15-21-8-6-7-20(14-21)13-19-11-9-16(2)10-12-19/h9-12,20-21H,5-8,13-15H2,1-4H3/t20-,21?/m0/s1. The Kier molecular flexibility index (Phi) is 5.88. The molecule has 1 aliphatic carbocycles. The van der Waals surface area contributed by atoms with Crippen molar-refractivity contribution in [1.82, 2.24) is 9.97 Å². The second-order valence-electron chi connectivity index (χ2n) is 7.94. The van der Waals surface area contributed by atoms with E-state index in [2.05, 4.69) is 50.0 Å². The molecule has 134 valence electrons. The lowest BCUT2D eigenvalue weighted by atomic mass is 9.76. The number of hydrogen-bond donors (Lipinski definition) is 0. The highest BCUT2D eigenvalue weighted by Gasteiger charge is 2.24. The van der Waals surface area contributed by atoms with E-state index in [4.69, 9.17) is 4.98 Å². The summed E-state index contributed by atoms with van der Waals surface area (Å²) in [5.74, 6) is 2.54. The molecule has 0 bridgehead atoms. The van der Waals surface area contributed by atoms with Gasteiger partial charge in [0.2, 0.25) is 0 Å². The van der Waals surface area contributed by atoms with E-state index in [1.54, 1.807) is 0 Å². The number of aryl methyl sites for hydroxylation is 3. The van der Waals surface area contributed by atoms with Gasteiger partial charge in [-0.1, -0.05) is 56.0 Å². The van der Waals surface area contributed by atoms with Crippen LogP contribution in [0, 0.1) is 32.6 Å². The molecule has 0 N–H and O–H groups in total. The van der Waals surface area contributed by atoms with Crippen molar-refractivity contribution in [2.24, 2.45) is 11.8 Å². The minimum absolute atomic E-state index is 0.780. The number of hydrogen-bond acceptors (Lipinski definition) is 2. The summed E-state index contributed by atoms with van der Waals surface area (Å²) in [6, 6.07) is 9.11. The molecule has 1 fully saturated rings. The first-order chi connectivity index (χ1) is 12.0. The van der Waals surface area contributed by atoms with Crippen LogP contribution >= 0.6 is 0 Å². The van der Waals surface area contributed by atoms with Crippen molar-refractivity contribution in [3.8, 4) is 0 Å². The molecule has 1 heterocycles. The van der Waals surface area contributed by atoms with Crippen LogP contribution in [0.3, 0.4) is 0 Å². The molecule has 2 nitrogen and oxygen atoms in total. The van der Waals surface area contributed by atoms with Crippen molar-refractivity contribution in [2.45, 2.75) is 72.6 Å². The van der Waals surface area contributed by atoms with Crippen LogP contribution in [0.25, 0.3) is 0 Å². The van der Waals surface area contributed by atoms with Gasteiger partial charge < -0.3 is 0 Å². The Balaban J connectivity index is 1.66. The Morgan fingerprint density at radius 1 is 0.880 bits per heavy atom. The van der Waals surface area contributed by atoms with Crippen LogP contribution < -0.4 is 0 Å². The summed E-state index contributed by atoms with van der Waals surface area (Å²) >= 11 is 0. The van der Waals surface area contributed by atoms with Crippen LogP contribution in [-0.2, 0) is 19.3 Å². The van der Waals surface area contributed by atoms with Gasteiger partial charge in [0.15, 0.2) is 0 Å². The Hall–Kier alpha value is -1.70. The monoisotopic (exact) mass is 336 g/mol. The van der Waals surface area contributed by atoms with Crippen LogP contribution in [0.2, 0.25) is 0 Å². The van der Waals surface area contributed by atoms with E-state index in [0.29, 0.717) is 0 Å². The van der Waals surface area contributed by atoms with Gasteiger partial charge in [-0.05, 0) is 69.4 Å². The SMILES string of the molecule is CCc1nc(C)nc(CC2CCC[C@@H](Cc3ccc(C)cc3)C2)c1C. The average Bonchev–Trinajstić information content (AvgIpc) is 2.60. The van der Waals surface area contributed by atoms with E-state index in [0.717, 1.165) is 30.5 Å². The predicted molar refractivity (Wildman–Crippen MR) is 105 cm³/mol. The fourth-order valence-corrected chi connectivity index (χ4v) is 4.40. The Bertz CT molecular complexity index is 703. The normalized spacial score (nSPS) is 20.6. The first-order valence-electron chi connectivity index (χ1n) is 9.93. The van der Waals surface area contributed by atoms with Crippen molar-refractivity contribution < 1.29 is 0 Å². The number of rotatable bonds is 5. The summed E-state index contributed by atoms with van der Waals surface area (Å²) < 4.78 is 0. The molecule has 1 saturated carbocycles. The van der Waals surface area contributed by atoms with Crippen molar-refractivity contribution in [2.75, 3.05) is 0 Å². The van der Waals surface area contributed by atoms with Crippen LogP contribution in [0.15, 0.2) is 24.3 Å². The number of benzene rings is 1. The fraction of sp³-hybridized carbons (Fsp3) is 0.565. The van der Waals surface area contributed by atoms with E-state index >= 15 is 0 Å². The smallest absolute Gasteiger partial charge is 0.125 e. The summed E-state index contributed by atoms with van der Waals surface area (Å²) in [5, 5.41) is 0. The second kappa shape index (κ2) is 8.12. The molecule has 1 unspecified atom stereocenters. The highest BCUT2D eigenvalue weighted by molar-refractivity contribution is 5.25. The van der Waals surface area contributed by atoms with E-state index in [1.807, 2.05) is 6.92 Å². The Labute approximate surface area is 153 Å². The van der Waals surface area contributed by atoms with E-state index in [9.17, 15) is 0 Å². The lowest BCUT2D eigenvalue weighted by Gasteiger charge is -2.29. The molecule has 0 amide bonds. The van der Waals surface area contributed by atoms with Crippen LogP contribution in [0.1, 0.15) is 66.5 Å². The minimum Gasteiger partial charge on any atom is -0.238 e. The molecule has 2 heteroatoms. The average molecular weight is 337 g/mol. The largest absolute Gasteiger partial charge is 0.238 e. The van der Waals surface area contributed by atoms with Crippen LogP contribution in [0.4, 0.5) is 0 Å². The third-order valence-corrected chi connectivity index (χ3v) is 5.81. The maximum atomic E-state index is 4.78. The topological polar surface area (TPSA) is 25.8 Å². The van der Waals surface area contributed by atoms with Gasteiger partial charge in [0, 0.05) is 11.4 Å². The van der Waals surface area contributed by atoms with Gasteiger partial charge in [0.05, 0.1) is 0 Å². The lowest BCUT2D eigenvalue weighted by molar-refractivity contribution is 0.262. The molecular weight excluding hydrogens is 304 g/mol. The number of aromatic nitrogens is 2. The van der Waals surface area contributed by atoms with E-state index < -0.39 is 0 Å². The van der Waals surface area contributed by atoms with Crippen molar-refractivity contribution in [1.29, 1.82) is 0 Å². The first kappa shape index (κ1) is 18.1. The van der Waals surface area contributed by atoms with Crippen LogP contribution in [0.5, 0.6) is 0 Å². The molecule has 1 aliphatic rings. The van der Waals surface area contributed by atoms with E-state index in [1.165, 1.54) is 60.2 Å². The Morgan fingerprint density at radius 3 is 2.20 bits per heavy atom. The van der Waals surface area contributed by atoms with Gasteiger partial charge in [-0.3, -0.25) is 0 Å². The maximum absolute atomic E-state index is 4.78. The number of nitrogens with zero attached hydrogens (tertiary/aromatic N) is 2. The zero-order valence-corrected chi connectivity index (χ0v) is 16.3. The first-order valence-corrected chi connectivity index (χ1v) is 9.93. The zero-order valence-electron chi connectivity index (χ0n) is 16.3.